The van der Waals surface area contributed by atoms with Gasteiger partial charge in [-0.25, -0.2) is 0 Å². The fourth-order valence-electron chi connectivity index (χ4n) is 2.95. The highest BCUT2D eigenvalue weighted by atomic mass is 32.2. The summed E-state index contributed by atoms with van der Waals surface area (Å²) in [5.41, 5.74) is 5.27. The first-order valence-corrected chi connectivity index (χ1v) is 7.90. The lowest BCUT2D eigenvalue weighted by molar-refractivity contribution is 0.123. The number of hydrogen-bond acceptors (Lipinski definition) is 4. The maximum absolute atomic E-state index is 5.49. The molecule has 4 heteroatoms. The zero-order valence-electron chi connectivity index (χ0n) is 10.8. The largest absolute Gasteiger partial charge is 0.378 e. The van der Waals surface area contributed by atoms with Crippen LogP contribution in [0.2, 0.25) is 0 Å². The monoisotopic (exact) mass is 272 g/mol. The van der Waals surface area contributed by atoms with E-state index in [2.05, 4.69) is 29.2 Å². The average Bonchev–Trinajstić information content (AvgIpc) is 2.93. The average molecular weight is 272 g/mol. The number of benzene rings is 1. The number of pyridine rings is 1. The van der Waals surface area contributed by atoms with Crippen LogP contribution in [-0.4, -0.2) is 31.3 Å². The van der Waals surface area contributed by atoms with Gasteiger partial charge in [0.05, 0.1) is 30.1 Å². The highest BCUT2D eigenvalue weighted by Crippen LogP contribution is 2.40. The summed E-state index contributed by atoms with van der Waals surface area (Å²) >= 11 is 1.97. The lowest BCUT2D eigenvalue weighted by atomic mass is 10.1. The van der Waals surface area contributed by atoms with Crippen molar-refractivity contribution in [2.75, 3.05) is 31.2 Å². The van der Waals surface area contributed by atoms with Gasteiger partial charge in [0.25, 0.3) is 0 Å². The second kappa shape index (κ2) is 4.69. The molecular weight excluding hydrogens is 256 g/mol. The molecule has 1 fully saturated rings. The number of ether oxygens (including phenoxy) is 1. The maximum Gasteiger partial charge on any atom is 0.0726 e. The van der Waals surface area contributed by atoms with Gasteiger partial charge in [-0.15, -0.1) is 0 Å². The molecule has 0 radical (unpaired) electrons. The molecule has 4 rings (SSSR count). The summed E-state index contributed by atoms with van der Waals surface area (Å²) in [6, 6.07) is 8.52. The van der Waals surface area contributed by atoms with Crippen LogP contribution in [-0.2, 0) is 16.2 Å². The predicted molar refractivity (Wildman–Crippen MR) is 79.8 cm³/mol. The maximum atomic E-state index is 5.49. The molecule has 3 nitrogen and oxygen atoms in total. The smallest absolute Gasteiger partial charge is 0.0726 e. The van der Waals surface area contributed by atoms with Gasteiger partial charge in [0, 0.05) is 35.5 Å². The molecule has 0 N–H and O–H groups in total. The van der Waals surface area contributed by atoms with Crippen molar-refractivity contribution >= 4 is 28.4 Å². The van der Waals surface area contributed by atoms with Crippen molar-refractivity contribution in [1.82, 2.24) is 4.98 Å². The van der Waals surface area contributed by atoms with Crippen molar-refractivity contribution in [3.8, 4) is 0 Å². The van der Waals surface area contributed by atoms with Gasteiger partial charge >= 0.3 is 0 Å². The van der Waals surface area contributed by atoms with Gasteiger partial charge in [0.15, 0.2) is 0 Å². The molecule has 2 aromatic rings. The molecular formula is C15H16N2OS. The van der Waals surface area contributed by atoms with Crippen molar-refractivity contribution in [2.45, 2.75) is 11.5 Å². The van der Waals surface area contributed by atoms with Crippen molar-refractivity contribution in [3.05, 3.63) is 35.5 Å². The lowest BCUT2D eigenvalue weighted by Crippen LogP contribution is -2.37. The van der Waals surface area contributed by atoms with Gasteiger partial charge in [-0.05, 0) is 6.07 Å². The third-order valence-electron chi connectivity index (χ3n) is 3.86. The van der Waals surface area contributed by atoms with Crippen molar-refractivity contribution in [1.29, 1.82) is 0 Å². The highest BCUT2D eigenvalue weighted by molar-refractivity contribution is 7.98. The van der Waals surface area contributed by atoms with Gasteiger partial charge in [0.2, 0.25) is 0 Å². The summed E-state index contributed by atoms with van der Waals surface area (Å²) < 4.78 is 5.49. The molecule has 0 amide bonds. The van der Waals surface area contributed by atoms with Crippen LogP contribution in [0.5, 0.6) is 0 Å². The normalized spacial score (nSPS) is 18.8. The second-order valence-electron chi connectivity index (χ2n) is 5.00. The van der Waals surface area contributed by atoms with E-state index in [-0.39, 0.29) is 0 Å². The van der Waals surface area contributed by atoms with Crippen molar-refractivity contribution < 1.29 is 4.74 Å². The van der Waals surface area contributed by atoms with E-state index in [4.69, 9.17) is 9.72 Å². The summed E-state index contributed by atoms with van der Waals surface area (Å²) in [7, 11) is 0. The number of aromatic nitrogens is 1. The van der Waals surface area contributed by atoms with E-state index in [0.717, 1.165) is 43.3 Å². The van der Waals surface area contributed by atoms with E-state index >= 15 is 0 Å². The predicted octanol–water partition coefficient (Wildman–Crippen LogP) is 2.82. The Balaban J connectivity index is 1.95. The summed E-state index contributed by atoms with van der Waals surface area (Å²) in [6.45, 7) is 3.65. The Kier molecular flexibility index (Phi) is 2.85. The Morgan fingerprint density at radius 3 is 2.84 bits per heavy atom. The fraction of sp³-hybridized carbons (Fsp3) is 0.400. The number of rotatable bonds is 1. The topological polar surface area (TPSA) is 25.4 Å². The molecule has 19 heavy (non-hydrogen) atoms. The van der Waals surface area contributed by atoms with E-state index in [1.165, 1.54) is 22.3 Å². The molecule has 1 aromatic carbocycles. The zero-order valence-corrected chi connectivity index (χ0v) is 11.6. The number of morpholine rings is 1. The Bertz CT molecular complexity index is 623. The molecule has 0 bridgehead atoms. The third kappa shape index (κ3) is 1.90. The summed E-state index contributed by atoms with van der Waals surface area (Å²) in [4.78, 5) is 7.32. The van der Waals surface area contributed by atoms with Gasteiger partial charge in [-0.2, -0.15) is 11.8 Å². The molecule has 0 saturated carbocycles. The Hall–Kier alpha value is -1.26. The lowest BCUT2D eigenvalue weighted by Gasteiger charge is -2.31. The Morgan fingerprint density at radius 1 is 1.11 bits per heavy atom. The molecule has 1 aromatic heterocycles. The summed E-state index contributed by atoms with van der Waals surface area (Å²) in [5.74, 6) is 2.15. The number of thioether (sulfide) groups is 1. The van der Waals surface area contributed by atoms with Gasteiger partial charge in [-0.3, -0.25) is 4.98 Å². The van der Waals surface area contributed by atoms with Crippen LogP contribution >= 0.6 is 11.8 Å². The number of fused-ring (bicyclic) bond motifs is 2. The first kappa shape index (κ1) is 11.6. The van der Waals surface area contributed by atoms with Crippen LogP contribution in [0.1, 0.15) is 11.3 Å². The van der Waals surface area contributed by atoms with Crippen LogP contribution in [0.4, 0.5) is 5.69 Å². The van der Waals surface area contributed by atoms with E-state index in [0.29, 0.717) is 0 Å². The third-order valence-corrected chi connectivity index (χ3v) is 4.83. The van der Waals surface area contributed by atoms with Crippen LogP contribution in [0, 0.1) is 0 Å². The molecule has 0 aliphatic carbocycles. The van der Waals surface area contributed by atoms with Gasteiger partial charge < -0.3 is 9.64 Å². The van der Waals surface area contributed by atoms with E-state index < -0.39 is 0 Å². The number of hydrogen-bond donors (Lipinski definition) is 0. The number of anilines is 1. The van der Waals surface area contributed by atoms with E-state index in [1.807, 2.05) is 11.8 Å². The Labute approximate surface area is 117 Å². The minimum atomic E-state index is 0.832. The second-order valence-corrected chi connectivity index (χ2v) is 5.98. The zero-order chi connectivity index (χ0) is 12.7. The van der Waals surface area contributed by atoms with Gasteiger partial charge in [-0.1, -0.05) is 18.2 Å². The molecule has 98 valence electrons. The molecule has 2 aliphatic rings. The van der Waals surface area contributed by atoms with Crippen LogP contribution in [0.15, 0.2) is 24.3 Å². The summed E-state index contributed by atoms with van der Waals surface area (Å²) in [5, 5.41) is 1.30. The van der Waals surface area contributed by atoms with Crippen LogP contribution in [0.25, 0.3) is 10.9 Å². The fourth-order valence-corrected chi connectivity index (χ4v) is 3.99. The van der Waals surface area contributed by atoms with E-state index in [1.54, 1.807) is 0 Å². The molecule has 1 saturated heterocycles. The molecule has 0 atom stereocenters. The molecule has 2 aliphatic heterocycles. The minimum Gasteiger partial charge on any atom is -0.378 e. The standard InChI is InChI=1S/C15H16N2OS/c1-2-4-13-11(3-1)15(17-5-7-18-8-6-17)12-9-19-10-14(12)16-13/h1-4H,5-10H2. The van der Waals surface area contributed by atoms with Crippen molar-refractivity contribution in [3.63, 3.8) is 0 Å². The van der Waals surface area contributed by atoms with Crippen LogP contribution < -0.4 is 4.90 Å². The molecule has 3 heterocycles. The highest BCUT2D eigenvalue weighted by Gasteiger charge is 2.24. The van der Waals surface area contributed by atoms with Gasteiger partial charge in [0.1, 0.15) is 0 Å². The summed E-state index contributed by atoms with van der Waals surface area (Å²) in [6.07, 6.45) is 0. The minimum absolute atomic E-state index is 0.832. The SMILES string of the molecule is c1ccc2c(N3CCOCC3)c3c(nc2c1)CSC3. The number of para-hydroxylation sites is 1. The first-order chi connectivity index (χ1) is 9.43. The molecule has 0 spiro atoms. The number of nitrogens with zero attached hydrogens (tertiary/aromatic N) is 2. The Morgan fingerprint density at radius 2 is 1.95 bits per heavy atom. The van der Waals surface area contributed by atoms with Crippen LogP contribution in [0.3, 0.4) is 0 Å². The molecule has 0 unspecified atom stereocenters. The quantitative estimate of drug-likeness (QED) is 0.797. The van der Waals surface area contributed by atoms with Crippen molar-refractivity contribution in [2.24, 2.45) is 0 Å². The first-order valence-electron chi connectivity index (χ1n) is 6.74. The van der Waals surface area contributed by atoms with E-state index in [9.17, 15) is 0 Å².